The van der Waals surface area contributed by atoms with E-state index in [2.05, 4.69) is 51.3 Å². The van der Waals surface area contributed by atoms with Crippen molar-refractivity contribution in [1.29, 1.82) is 0 Å². The summed E-state index contributed by atoms with van der Waals surface area (Å²) in [6.07, 6.45) is 11.7. The predicted molar refractivity (Wildman–Crippen MR) is 160 cm³/mol. The van der Waals surface area contributed by atoms with Crippen LogP contribution in [-0.2, 0) is 0 Å². The molecule has 1 aromatic carbocycles. The third-order valence-electron chi connectivity index (χ3n) is 8.21. The van der Waals surface area contributed by atoms with Crippen molar-refractivity contribution < 1.29 is 4.79 Å². The second kappa shape index (κ2) is 11.4. The highest BCUT2D eigenvalue weighted by molar-refractivity contribution is 7.13. The molecule has 3 heterocycles. The summed E-state index contributed by atoms with van der Waals surface area (Å²) >= 11 is 1.72. The van der Waals surface area contributed by atoms with Gasteiger partial charge in [-0.3, -0.25) is 14.8 Å². The van der Waals surface area contributed by atoms with Crippen LogP contribution < -0.4 is 22.1 Å². The van der Waals surface area contributed by atoms with Gasteiger partial charge < -0.3 is 22.1 Å². The summed E-state index contributed by atoms with van der Waals surface area (Å²) < 4.78 is 0. The molecule has 6 N–H and O–H groups in total. The van der Waals surface area contributed by atoms with Gasteiger partial charge in [0.2, 0.25) is 0 Å². The van der Waals surface area contributed by atoms with E-state index in [1.54, 1.807) is 17.5 Å². The van der Waals surface area contributed by atoms with E-state index in [1.165, 1.54) is 4.88 Å². The number of fused-ring (bicyclic) bond motifs is 1. The minimum atomic E-state index is -0.121. The zero-order valence-corrected chi connectivity index (χ0v) is 22.9. The summed E-state index contributed by atoms with van der Waals surface area (Å²) in [4.78, 5) is 23.3. The van der Waals surface area contributed by atoms with Gasteiger partial charge in [0.05, 0.1) is 11.2 Å². The highest BCUT2D eigenvalue weighted by Gasteiger charge is 2.23. The van der Waals surface area contributed by atoms with Crippen LogP contribution in [0.5, 0.6) is 0 Å². The first-order chi connectivity index (χ1) is 19.0. The second-order valence-electron chi connectivity index (χ2n) is 11.0. The third-order valence-corrected chi connectivity index (χ3v) is 9.11. The number of nitrogens with zero attached hydrogens (tertiary/aromatic N) is 2. The summed E-state index contributed by atoms with van der Waals surface area (Å²) in [6.45, 7) is 0. The molecule has 6 rings (SSSR count). The summed E-state index contributed by atoms with van der Waals surface area (Å²) in [6, 6.07) is 15.5. The molecule has 202 valence electrons. The fourth-order valence-corrected chi connectivity index (χ4v) is 6.58. The molecular weight excluding hydrogens is 504 g/mol. The standard InChI is InChI=1S/C31H36N6OS/c32-21-5-9-23(10-6-21)36-30-25-16-19(3-13-27(25)35-18-26(30)29-2-1-15-39-29)20-4-14-28(34-17-20)31(38)37-24-11-7-22(33)8-12-24/h1-4,13-18,21-24H,5-12,32-33H2,(H,35,36)(H,37,38)/t21-,22-,23-,24-. The Bertz CT molecular complexity index is 1420. The molecule has 0 spiro atoms. The number of amides is 1. The molecule has 8 heteroatoms. The fourth-order valence-electron chi connectivity index (χ4n) is 5.84. The molecule has 4 aromatic rings. The van der Waals surface area contributed by atoms with E-state index < -0.39 is 0 Å². The fraction of sp³-hybridized carbons (Fsp3) is 0.387. The van der Waals surface area contributed by atoms with Gasteiger partial charge in [-0.05, 0) is 86.6 Å². The van der Waals surface area contributed by atoms with Crippen molar-refractivity contribution in [1.82, 2.24) is 15.3 Å². The van der Waals surface area contributed by atoms with E-state index in [4.69, 9.17) is 16.5 Å². The van der Waals surface area contributed by atoms with Crippen LogP contribution in [-0.4, -0.2) is 40.0 Å². The summed E-state index contributed by atoms with van der Waals surface area (Å²) in [5.41, 5.74) is 17.8. The average molecular weight is 541 g/mol. The zero-order chi connectivity index (χ0) is 26.8. The molecule has 1 amide bonds. The molecule has 2 aliphatic rings. The van der Waals surface area contributed by atoms with Crippen molar-refractivity contribution in [3.8, 4) is 21.6 Å². The Balaban J connectivity index is 1.28. The number of hydrogen-bond acceptors (Lipinski definition) is 7. The van der Waals surface area contributed by atoms with Gasteiger partial charge in [0, 0.05) is 58.0 Å². The van der Waals surface area contributed by atoms with Crippen molar-refractivity contribution >= 4 is 33.8 Å². The number of nitrogens with one attached hydrogen (secondary N) is 2. The van der Waals surface area contributed by atoms with Crippen molar-refractivity contribution in [3.63, 3.8) is 0 Å². The van der Waals surface area contributed by atoms with E-state index in [1.807, 2.05) is 18.3 Å². The highest BCUT2D eigenvalue weighted by atomic mass is 32.1. The molecule has 3 aromatic heterocycles. The number of aromatic nitrogens is 2. The van der Waals surface area contributed by atoms with Gasteiger partial charge in [-0.25, -0.2) is 0 Å². The van der Waals surface area contributed by atoms with Crippen LogP contribution in [0.15, 0.2) is 60.2 Å². The van der Waals surface area contributed by atoms with E-state index in [-0.39, 0.29) is 18.0 Å². The molecule has 2 fully saturated rings. The molecule has 7 nitrogen and oxygen atoms in total. The van der Waals surface area contributed by atoms with Crippen LogP contribution in [0.4, 0.5) is 5.69 Å². The predicted octanol–water partition coefficient (Wildman–Crippen LogP) is 5.71. The lowest BCUT2D eigenvalue weighted by Crippen LogP contribution is -2.40. The van der Waals surface area contributed by atoms with Crippen LogP contribution >= 0.6 is 11.3 Å². The minimum absolute atomic E-state index is 0.121. The van der Waals surface area contributed by atoms with Crippen LogP contribution in [0.3, 0.4) is 0 Å². The molecule has 0 aliphatic heterocycles. The molecule has 39 heavy (non-hydrogen) atoms. The maximum Gasteiger partial charge on any atom is 0.270 e. The molecule has 0 saturated heterocycles. The zero-order valence-electron chi connectivity index (χ0n) is 22.1. The molecule has 0 atom stereocenters. The van der Waals surface area contributed by atoms with Gasteiger partial charge in [-0.1, -0.05) is 18.2 Å². The largest absolute Gasteiger partial charge is 0.381 e. The Morgan fingerprint density at radius 3 is 2.21 bits per heavy atom. The van der Waals surface area contributed by atoms with Crippen molar-refractivity contribution in [2.45, 2.75) is 75.5 Å². The highest BCUT2D eigenvalue weighted by Crippen LogP contribution is 2.39. The van der Waals surface area contributed by atoms with Gasteiger partial charge in [-0.2, -0.15) is 0 Å². The Labute approximate surface area is 233 Å². The van der Waals surface area contributed by atoms with Crippen molar-refractivity contribution in [3.05, 3.63) is 65.9 Å². The van der Waals surface area contributed by atoms with E-state index in [9.17, 15) is 4.79 Å². The first-order valence-corrected chi connectivity index (χ1v) is 14.9. The lowest BCUT2D eigenvalue weighted by molar-refractivity contribution is 0.0921. The Morgan fingerprint density at radius 2 is 1.54 bits per heavy atom. The maximum atomic E-state index is 12.8. The molecule has 2 saturated carbocycles. The minimum Gasteiger partial charge on any atom is -0.381 e. The summed E-state index contributed by atoms with van der Waals surface area (Å²) in [5, 5.41) is 10.2. The van der Waals surface area contributed by atoms with Crippen LogP contribution in [0.25, 0.3) is 32.5 Å². The van der Waals surface area contributed by atoms with Crippen LogP contribution in [0.2, 0.25) is 0 Å². The van der Waals surface area contributed by atoms with E-state index >= 15 is 0 Å². The van der Waals surface area contributed by atoms with E-state index in [0.717, 1.165) is 84.6 Å². The number of nitrogens with two attached hydrogens (primary N) is 2. The smallest absolute Gasteiger partial charge is 0.270 e. The van der Waals surface area contributed by atoms with E-state index in [0.29, 0.717) is 17.8 Å². The maximum absolute atomic E-state index is 12.8. The molecule has 0 unspecified atom stereocenters. The van der Waals surface area contributed by atoms with Gasteiger partial charge >= 0.3 is 0 Å². The summed E-state index contributed by atoms with van der Waals surface area (Å²) in [7, 11) is 0. The normalized spacial score (nSPS) is 23.4. The number of pyridine rings is 2. The van der Waals surface area contributed by atoms with Crippen LogP contribution in [0, 0.1) is 0 Å². The molecule has 0 radical (unpaired) electrons. The van der Waals surface area contributed by atoms with Gasteiger partial charge in [0.15, 0.2) is 0 Å². The third kappa shape index (κ3) is 5.83. The van der Waals surface area contributed by atoms with Gasteiger partial charge in [0.1, 0.15) is 5.69 Å². The monoisotopic (exact) mass is 540 g/mol. The quantitative estimate of drug-likeness (QED) is 0.249. The molecular formula is C31H36N6OS. The van der Waals surface area contributed by atoms with Gasteiger partial charge in [0.25, 0.3) is 5.91 Å². The Morgan fingerprint density at radius 1 is 0.821 bits per heavy atom. The number of rotatable bonds is 6. The average Bonchev–Trinajstić information content (AvgIpc) is 3.50. The lowest BCUT2D eigenvalue weighted by Gasteiger charge is -2.29. The van der Waals surface area contributed by atoms with Crippen LogP contribution in [0.1, 0.15) is 61.9 Å². The first kappa shape index (κ1) is 25.9. The van der Waals surface area contributed by atoms with Gasteiger partial charge in [-0.15, -0.1) is 11.3 Å². The van der Waals surface area contributed by atoms with Crippen molar-refractivity contribution in [2.24, 2.45) is 11.5 Å². The molecule has 0 bridgehead atoms. The number of anilines is 1. The summed E-state index contributed by atoms with van der Waals surface area (Å²) in [5.74, 6) is -0.121. The number of thiophene rings is 1. The SMILES string of the molecule is N[C@H]1CC[C@H](NC(=O)c2ccc(-c3ccc4ncc(-c5cccs5)c(N[C@H]5CC[C@H](N)CC5)c4c3)cn2)CC1. The second-order valence-corrected chi connectivity index (χ2v) is 12.0. The lowest BCUT2D eigenvalue weighted by atomic mass is 9.91. The topological polar surface area (TPSA) is 119 Å². The van der Waals surface area contributed by atoms with Crippen molar-refractivity contribution in [2.75, 3.05) is 5.32 Å². The number of carbonyl (C=O) groups excluding carboxylic acids is 1. The Hall–Kier alpha value is -3.33. The molecule has 2 aliphatic carbocycles. The number of carbonyl (C=O) groups is 1. The Kier molecular flexibility index (Phi) is 7.59. The number of hydrogen-bond donors (Lipinski definition) is 4. The first-order valence-electron chi connectivity index (χ1n) is 14.0. The number of benzene rings is 1.